The zero-order valence-corrected chi connectivity index (χ0v) is 8.68. The Morgan fingerprint density at radius 2 is 2.25 bits per heavy atom. The van der Waals surface area contributed by atoms with Gasteiger partial charge < -0.3 is 4.90 Å². The molecule has 0 aromatic rings. The molecule has 2 unspecified atom stereocenters. The van der Waals surface area contributed by atoms with Crippen molar-refractivity contribution in [2.75, 3.05) is 12.3 Å². The summed E-state index contributed by atoms with van der Waals surface area (Å²) in [5.74, 6) is 1.43. The predicted octanol–water partition coefficient (Wildman–Crippen LogP) is 1.56. The third-order valence-corrected chi connectivity index (χ3v) is 2.80. The van der Waals surface area contributed by atoms with Crippen LogP contribution in [0.15, 0.2) is 0 Å². The van der Waals surface area contributed by atoms with E-state index in [-0.39, 0.29) is 5.92 Å². The number of hydrogen-bond acceptors (Lipinski definition) is 2. The first-order valence-electron chi connectivity index (χ1n) is 4.58. The molecule has 0 aromatic heterocycles. The Bertz CT molecular complexity index is 172. The number of carbonyl (C=O) groups is 1. The molecule has 1 saturated heterocycles. The second-order valence-corrected chi connectivity index (χ2v) is 4.04. The lowest BCUT2D eigenvalue weighted by Gasteiger charge is -2.20. The summed E-state index contributed by atoms with van der Waals surface area (Å²) in [5.41, 5.74) is 0. The standard InChI is InChI=1S/C9H17NOS/c1-7-6-8(2)10(9(7)11)4-3-5-12/h7-8,12H,3-6H2,1-2H3. The van der Waals surface area contributed by atoms with E-state index in [1.807, 2.05) is 11.8 Å². The van der Waals surface area contributed by atoms with Gasteiger partial charge in [-0.3, -0.25) is 4.79 Å². The molecule has 1 fully saturated rings. The van der Waals surface area contributed by atoms with Gasteiger partial charge in [-0.05, 0) is 25.5 Å². The van der Waals surface area contributed by atoms with Gasteiger partial charge in [0.25, 0.3) is 0 Å². The van der Waals surface area contributed by atoms with Crippen LogP contribution in [0.4, 0.5) is 0 Å². The van der Waals surface area contributed by atoms with E-state index in [0.29, 0.717) is 11.9 Å². The summed E-state index contributed by atoms with van der Waals surface area (Å²) in [4.78, 5) is 13.5. The van der Waals surface area contributed by atoms with Crippen LogP contribution in [0.25, 0.3) is 0 Å². The van der Waals surface area contributed by atoms with Crippen LogP contribution >= 0.6 is 12.6 Å². The van der Waals surface area contributed by atoms with Gasteiger partial charge in [0.2, 0.25) is 5.91 Å². The molecule has 3 heteroatoms. The molecule has 70 valence electrons. The van der Waals surface area contributed by atoms with Crippen molar-refractivity contribution in [3.8, 4) is 0 Å². The molecule has 0 N–H and O–H groups in total. The molecule has 0 saturated carbocycles. The Labute approximate surface area is 79.7 Å². The van der Waals surface area contributed by atoms with Gasteiger partial charge in [0.05, 0.1) is 0 Å². The number of amides is 1. The van der Waals surface area contributed by atoms with Crippen LogP contribution < -0.4 is 0 Å². The summed E-state index contributed by atoms with van der Waals surface area (Å²) in [6.45, 7) is 5.02. The highest BCUT2D eigenvalue weighted by atomic mass is 32.1. The molecule has 0 aromatic carbocycles. The number of carbonyl (C=O) groups excluding carboxylic acids is 1. The Hall–Kier alpha value is -0.180. The zero-order valence-electron chi connectivity index (χ0n) is 7.79. The molecule has 2 nitrogen and oxygen atoms in total. The Morgan fingerprint density at radius 3 is 2.67 bits per heavy atom. The van der Waals surface area contributed by atoms with E-state index in [1.54, 1.807) is 0 Å². The van der Waals surface area contributed by atoms with Crippen LogP contribution in [0.1, 0.15) is 26.7 Å². The van der Waals surface area contributed by atoms with Crippen molar-refractivity contribution in [1.82, 2.24) is 4.90 Å². The normalized spacial score (nSPS) is 29.9. The fraction of sp³-hybridized carbons (Fsp3) is 0.889. The minimum atomic E-state index is 0.236. The molecule has 2 atom stereocenters. The predicted molar refractivity (Wildman–Crippen MR) is 53.4 cm³/mol. The van der Waals surface area contributed by atoms with Gasteiger partial charge in [-0.1, -0.05) is 6.92 Å². The fourth-order valence-corrected chi connectivity index (χ4v) is 1.95. The van der Waals surface area contributed by atoms with Crippen LogP contribution in [0, 0.1) is 5.92 Å². The summed E-state index contributed by atoms with van der Waals surface area (Å²) in [6.07, 6.45) is 2.03. The van der Waals surface area contributed by atoms with Gasteiger partial charge in [-0.15, -0.1) is 0 Å². The van der Waals surface area contributed by atoms with Crippen molar-refractivity contribution < 1.29 is 4.79 Å². The molecule has 1 amide bonds. The van der Waals surface area contributed by atoms with Gasteiger partial charge in [-0.2, -0.15) is 12.6 Å². The summed E-state index contributed by atoms with van der Waals surface area (Å²) < 4.78 is 0. The molecule has 1 aliphatic rings. The average Bonchev–Trinajstić information content (AvgIpc) is 2.25. The number of nitrogens with zero attached hydrogens (tertiary/aromatic N) is 1. The van der Waals surface area contributed by atoms with Gasteiger partial charge in [-0.25, -0.2) is 0 Å². The lowest BCUT2D eigenvalue weighted by molar-refractivity contribution is -0.131. The lowest BCUT2D eigenvalue weighted by Crippen LogP contribution is -2.32. The summed E-state index contributed by atoms with van der Waals surface area (Å²) in [6, 6.07) is 0.437. The second-order valence-electron chi connectivity index (χ2n) is 3.59. The molecule has 0 spiro atoms. The highest BCUT2D eigenvalue weighted by Crippen LogP contribution is 2.23. The maximum Gasteiger partial charge on any atom is 0.225 e. The van der Waals surface area contributed by atoms with Crippen LogP contribution in [0.2, 0.25) is 0 Å². The third-order valence-electron chi connectivity index (χ3n) is 2.49. The Balaban J connectivity index is 2.46. The Morgan fingerprint density at radius 1 is 1.58 bits per heavy atom. The highest BCUT2D eigenvalue weighted by molar-refractivity contribution is 7.80. The average molecular weight is 187 g/mol. The van der Waals surface area contributed by atoms with Gasteiger partial charge >= 0.3 is 0 Å². The monoisotopic (exact) mass is 187 g/mol. The smallest absolute Gasteiger partial charge is 0.225 e. The van der Waals surface area contributed by atoms with Gasteiger partial charge in [0, 0.05) is 18.5 Å². The van der Waals surface area contributed by atoms with E-state index in [0.717, 1.165) is 25.1 Å². The molecule has 0 radical (unpaired) electrons. The van der Waals surface area contributed by atoms with E-state index in [1.165, 1.54) is 0 Å². The maximum atomic E-state index is 11.5. The fourth-order valence-electron chi connectivity index (χ4n) is 1.81. The van der Waals surface area contributed by atoms with Crippen LogP contribution in [0.3, 0.4) is 0 Å². The quantitative estimate of drug-likeness (QED) is 0.665. The van der Waals surface area contributed by atoms with Crippen LogP contribution in [-0.4, -0.2) is 29.1 Å². The first kappa shape index (κ1) is 9.90. The number of hydrogen-bond donors (Lipinski definition) is 1. The van der Waals surface area contributed by atoms with Crippen LogP contribution in [0.5, 0.6) is 0 Å². The van der Waals surface area contributed by atoms with Gasteiger partial charge in [0.15, 0.2) is 0 Å². The third kappa shape index (κ3) is 1.94. The summed E-state index contributed by atoms with van der Waals surface area (Å²) in [5, 5.41) is 0. The number of likely N-dealkylation sites (tertiary alicyclic amines) is 1. The zero-order chi connectivity index (χ0) is 9.14. The van der Waals surface area contributed by atoms with E-state index >= 15 is 0 Å². The number of rotatable bonds is 3. The van der Waals surface area contributed by atoms with Crippen molar-refractivity contribution in [2.45, 2.75) is 32.7 Å². The molecule has 1 heterocycles. The van der Waals surface area contributed by atoms with Crippen molar-refractivity contribution in [3.63, 3.8) is 0 Å². The summed E-state index contributed by atoms with van der Waals surface area (Å²) in [7, 11) is 0. The van der Waals surface area contributed by atoms with E-state index in [2.05, 4.69) is 19.6 Å². The largest absolute Gasteiger partial charge is 0.340 e. The molecular weight excluding hydrogens is 170 g/mol. The van der Waals surface area contributed by atoms with Crippen molar-refractivity contribution in [1.29, 1.82) is 0 Å². The lowest BCUT2D eigenvalue weighted by atomic mass is 10.1. The van der Waals surface area contributed by atoms with Crippen molar-refractivity contribution in [2.24, 2.45) is 5.92 Å². The number of thiol groups is 1. The maximum absolute atomic E-state index is 11.5. The van der Waals surface area contributed by atoms with E-state index in [4.69, 9.17) is 0 Å². The van der Waals surface area contributed by atoms with E-state index in [9.17, 15) is 4.79 Å². The van der Waals surface area contributed by atoms with E-state index < -0.39 is 0 Å². The van der Waals surface area contributed by atoms with Crippen molar-refractivity contribution in [3.05, 3.63) is 0 Å². The first-order chi connectivity index (χ1) is 5.66. The molecule has 12 heavy (non-hydrogen) atoms. The summed E-state index contributed by atoms with van der Waals surface area (Å²) >= 11 is 4.14. The topological polar surface area (TPSA) is 20.3 Å². The first-order valence-corrected chi connectivity index (χ1v) is 5.21. The Kier molecular flexibility index (Phi) is 3.44. The van der Waals surface area contributed by atoms with Crippen LogP contribution in [-0.2, 0) is 4.79 Å². The molecular formula is C9H17NOS. The second kappa shape index (κ2) is 4.17. The SMILES string of the molecule is CC1CC(C)N(CCCS)C1=O. The van der Waals surface area contributed by atoms with Crippen molar-refractivity contribution >= 4 is 18.5 Å². The minimum Gasteiger partial charge on any atom is -0.340 e. The minimum absolute atomic E-state index is 0.236. The van der Waals surface area contributed by atoms with Gasteiger partial charge in [0.1, 0.15) is 0 Å². The highest BCUT2D eigenvalue weighted by Gasteiger charge is 2.32. The molecule has 1 rings (SSSR count). The molecule has 0 bridgehead atoms. The molecule has 0 aliphatic carbocycles. The molecule has 1 aliphatic heterocycles.